The molecule has 0 spiro atoms. The molecule has 14 rings (SSSR count). The molecule has 24 atom stereocenters. The molecule has 0 amide bonds. The van der Waals surface area contributed by atoms with E-state index in [9.17, 15) is 61.3 Å². The Morgan fingerprint density at radius 1 is 0.146 bits per heavy atom. The third-order valence-electron chi connectivity index (χ3n) is 20.1. The molecule has 24 heteroatoms. The van der Waals surface area contributed by atoms with Crippen molar-refractivity contribution in [2.75, 3.05) is 0 Å². The van der Waals surface area contributed by atoms with Crippen LogP contribution in [0.3, 0.4) is 0 Å². The summed E-state index contributed by atoms with van der Waals surface area (Å²) in [5.41, 5.74) is 7.53. The van der Waals surface area contributed by atoms with Gasteiger partial charge in [0.25, 0.3) is 0 Å². The monoisotopic (exact) mass is 1310 g/mol. The lowest BCUT2D eigenvalue weighted by Gasteiger charge is -2.33. The van der Waals surface area contributed by atoms with Crippen molar-refractivity contribution in [1.82, 2.24) is 0 Å². The SMILES string of the molecule is OC1CC2N=Cc3cc4cc(c3)C=NC3CC(O)C(O)CC3N=Cc3cc5cc(c3)C=NC3CC(O)C(O)CC3N=Cc3cc(cc(c3)C=NC3CC(O)C(O)CC3N=Cc3cc(cc(c3)C=NC3CC(O)C(O)CC3N=C5)C=NC2CC1O)C=NC1CC(O)C(O)CC1N=C4. The van der Waals surface area contributed by atoms with Crippen LogP contribution in [0.25, 0.3) is 0 Å². The molecule has 504 valence electrons. The maximum absolute atomic E-state index is 11.2. The van der Waals surface area contributed by atoms with E-state index in [0.717, 1.165) is 0 Å². The highest BCUT2D eigenvalue weighted by molar-refractivity contribution is 5.96. The van der Waals surface area contributed by atoms with E-state index in [1.54, 1.807) is 74.6 Å². The fraction of sp³-hybridized carbons (Fsp3) is 0.500. The van der Waals surface area contributed by atoms with Gasteiger partial charge in [0, 0.05) is 152 Å². The van der Waals surface area contributed by atoms with E-state index >= 15 is 0 Å². The lowest BCUT2D eigenvalue weighted by atomic mass is 9.86. The van der Waals surface area contributed by atoms with Gasteiger partial charge in [-0.25, -0.2) is 0 Å². The quantitative estimate of drug-likeness (QED) is 0.119. The molecule has 4 aliphatic heterocycles. The lowest BCUT2D eigenvalue weighted by molar-refractivity contribution is -0.0191. The van der Waals surface area contributed by atoms with Crippen LogP contribution in [0.5, 0.6) is 0 Å². The third-order valence-corrected chi connectivity index (χ3v) is 20.1. The van der Waals surface area contributed by atoms with Crippen molar-refractivity contribution < 1.29 is 61.3 Å². The number of hydrogen-bond acceptors (Lipinski definition) is 24. The molecule has 12 bridgehead atoms. The topological polar surface area (TPSA) is 391 Å². The van der Waals surface area contributed by atoms with Crippen LogP contribution in [-0.2, 0) is 0 Å². The van der Waals surface area contributed by atoms with E-state index in [2.05, 4.69) is 0 Å². The molecule has 12 N–H and O–H groups in total. The second-order valence-electron chi connectivity index (χ2n) is 27.5. The minimum absolute atomic E-state index is 0.0845. The Hall–Kier alpha value is -7.56. The average molecular weight is 1310 g/mol. The predicted molar refractivity (Wildman–Crippen MR) is 370 cm³/mol. The van der Waals surface area contributed by atoms with Crippen LogP contribution in [-0.4, -0.2) is 282 Å². The Morgan fingerprint density at radius 3 is 0.292 bits per heavy atom. The average Bonchev–Trinajstić information content (AvgIpc) is 0.901. The van der Waals surface area contributed by atoms with Crippen LogP contribution < -0.4 is 0 Å². The van der Waals surface area contributed by atoms with Crippen LogP contribution in [0.4, 0.5) is 0 Å². The number of aliphatic imine (C=N–C) groups is 12. The van der Waals surface area contributed by atoms with Gasteiger partial charge in [-0.2, -0.15) is 0 Å². The molecule has 6 aliphatic carbocycles. The van der Waals surface area contributed by atoms with Crippen molar-refractivity contribution in [3.8, 4) is 0 Å². The van der Waals surface area contributed by atoms with E-state index < -0.39 is 146 Å². The van der Waals surface area contributed by atoms with Crippen molar-refractivity contribution in [3.63, 3.8) is 0 Å². The first-order chi connectivity index (χ1) is 46.3. The first-order valence-corrected chi connectivity index (χ1v) is 33.5. The Labute approximate surface area is 555 Å². The van der Waals surface area contributed by atoms with Gasteiger partial charge in [-0.3, -0.25) is 59.9 Å². The molecule has 6 fully saturated rings. The Bertz CT molecular complexity index is 2920. The molecule has 10 aliphatic rings. The van der Waals surface area contributed by atoms with Crippen molar-refractivity contribution in [3.05, 3.63) is 140 Å². The minimum atomic E-state index is -1.10. The molecule has 6 saturated carbocycles. The van der Waals surface area contributed by atoms with Crippen LogP contribution >= 0.6 is 0 Å². The first kappa shape index (κ1) is 67.0. The van der Waals surface area contributed by atoms with Gasteiger partial charge in [0.1, 0.15) is 0 Å². The largest absolute Gasteiger partial charge is 0.390 e. The van der Waals surface area contributed by atoms with Crippen LogP contribution in [0.15, 0.2) is 133 Å². The molecular weight excluding hydrogens is 1220 g/mol. The number of aliphatic hydroxyl groups excluding tert-OH is 12. The summed E-state index contributed by atoms with van der Waals surface area (Å²) in [6, 6.07) is 15.2. The maximum Gasteiger partial charge on any atom is 0.0821 e. The standard InChI is InChI=1S/C72H84N12O12/c85-61-13-49-51(15-63(61)87)76-28-40-4-42-8-44(6-40)33-81-57-21-69(93)71(95)23-59(57)83-35-47-10-46-11-48(12-47)36-84-60-24-72(96)70(94)22-58(60)82-34-45-7-41(5-43(9-45)32-80-56-20-68(92)67(91)19-55(56)79-31-42)29-77-52-16-64(88)62(86)14-50(52)74-26-38-1-37(25-73-49)2-39(3-38)27-75-53-17-65(89)66(90)18-54(53)78-30-46/h1-12,25-36,49-72,85-96H,13-24H2. The van der Waals surface area contributed by atoms with E-state index in [0.29, 0.717) is 66.8 Å². The van der Waals surface area contributed by atoms with Gasteiger partial charge in [0.2, 0.25) is 0 Å². The van der Waals surface area contributed by atoms with Gasteiger partial charge in [0.05, 0.1) is 146 Å². The fourth-order valence-corrected chi connectivity index (χ4v) is 14.5. The summed E-state index contributed by atoms with van der Waals surface area (Å²) in [5.74, 6) is 0. The second-order valence-corrected chi connectivity index (χ2v) is 27.5. The molecular formula is C72H84N12O12. The van der Waals surface area contributed by atoms with Gasteiger partial charge in [-0.1, -0.05) is 0 Å². The van der Waals surface area contributed by atoms with Gasteiger partial charge in [0.15, 0.2) is 0 Å². The zero-order valence-electron chi connectivity index (χ0n) is 52.9. The molecule has 4 aromatic rings. The smallest absolute Gasteiger partial charge is 0.0821 e. The molecule has 4 heterocycles. The number of rotatable bonds is 0. The maximum atomic E-state index is 11.2. The van der Waals surface area contributed by atoms with Crippen LogP contribution in [0.1, 0.15) is 144 Å². The molecule has 96 heavy (non-hydrogen) atoms. The minimum Gasteiger partial charge on any atom is -0.390 e. The predicted octanol–water partition coefficient (Wildman–Crippen LogP) is 1.37. The number of benzene rings is 4. The zero-order chi connectivity index (χ0) is 66.7. The first-order valence-electron chi connectivity index (χ1n) is 33.5. The summed E-state index contributed by atoms with van der Waals surface area (Å²) in [6.45, 7) is 0. The molecule has 4 aromatic carbocycles. The normalized spacial score (nSPS) is 37.6. The van der Waals surface area contributed by atoms with Crippen LogP contribution in [0.2, 0.25) is 0 Å². The lowest BCUT2D eigenvalue weighted by Crippen LogP contribution is -2.43. The van der Waals surface area contributed by atoms with Crippen molar-refractivity contribution in [1.29, 1.82) is 0 Å². The molecule has 0 radical (unpaired) electrons. The van der Waals surface area contributed by atoms with Gasteiger partial charge in [-0.05, 0) is 140 Å². The summed E-state index contributed by atoms with van der Waals surface area (Å²) in [4.78, 5) is 60.8. The fourth-order valence-electron chi connectivity index (χ4n) is 14.5. The number of aliphatic hydroxyl groups is 12. The summed E-state index contributed by atoms with van der Waals surface area (Å²) in [6.07, 6.45) is 8.16. The summed E-state index contributed by atoms with van der Waals surface area (Å²) >= 11 is 0. The Kier molecular flexibility index (Phi) is 20.7. The molecule has 24 unspecified atom stereocenters. The Morgan fingerprint density at radius 2 is 0.219 bits per heavy atom. The highest BCUT2D eigenvalue weighted by atomic mass is 16.3. The highest BCUT2D eigenvalue weighted by Gasteiger charge is 2.40. The van der Waals surface area contributed by atoms with Gasteiger partial charge in [-0.15, -0.1) is 0 Å². The zero-order valence-corrected chi connectivity index (χ0v) is 52.9. The van der Waals surface area contributed by atoms with Crippen molar-refractivity contribution >= 4 is 74.6 Å². The van der Waals surface area contributed by atoms with Crippen molar-refractivity contribution in [2.45, 2.75) is 223 Å². The number of nitrogens with zero attached hydrogens (tertiary/aromatic N) is 12. The molecule has 24 nitrogen and oxygen atoms in total. The van der Waals surface area contributed by atoms with E-state index in [1.807, 2.05) is 72.8 Å². The van der Waals surface area contributed by atoms with E-state index in [-0.39, 0.29) is 77.0 Å². The Balaban J connectivity index is 1.04. The van der Waals surface area contributed by atoms with E-state index in [1.165, 1.54) is 0 Å². The summed E-state index contributed by atoms with van der Waals surface area (Å²) in [5, 5.41) is 134. The van der Waals surface area contributed by atoms with E-state index in [4.69, 9.17) is 59.9 Å². The van der Waals surface area contributed by atoms with Gasteiger partial charge >= 0.3 is 0 Å². The second kappa shape index (κ2) is 29.7. The number of hydrogen-bond donors (Lipinski definition) is 12. The summed E-state index contributed by atoms with van der Waals surface area (Å²) < 4.78 is 0. The molecule has 0 saturated heterocycles. The third kappa shape index (κ3) is 16.4. The van der Waals surface area contributed by atoms with Gasteiger partial charge < -0.3 is 61.3 Å². The van der Waals surface area contributed by atoms with Crippen molar-refractivity contribution in [2.24, 2.45) is 59.9 Å². The summed E-state index contributed by atoms with van der Waals surface area (Å²) in [7, 11) is 0. The van der Waals surface area contributed by atoms with Crippen LogP contribution in [0, 0.1) is 0 Å². The molecule has 0 aromatic heterocycles. The highest BCUT2D eigenvalue weighted by Crippen LogP contribution is 2.33.